The summed E-state index contributed by atoms with van der Waals surface area (Å²) in [4.78, 5) is 0. The Balaban J connectivity index is 2.78. The molecule has 7 N–H and O–H groups in total. The van der Waals surface area contributed by atoms with Crippen molar-refractivity contribution in [3.05, 3.63) is 17.7 Å². The summed E-state index contributed by atoms with van der Waals surface area (Å²) in [5, 5.41) is 28.3. The molecule has 1 atom stereocenters. The molecule has 0 spiro atoms. The monoisotopic (exact) mass is 226 g/mol. The van der Waals surface area contributed by atoms with Gasteiger partial charge in [0, 0.05) is 18.2 Å². The fraction of sp³-hybridized carbons (Fsp3) is 0.455. The molecule has 1 aromatic rings. The maximum Gasteiger partial charge on any atom is 0.127 e. The van der Waals surface area contributed by atoms with Gasteiger partial charge in [0.15, 0.2) is 0 Å². The molecule has 0 unspecified atom stereocenters. The highest BCUT2D eigenvalue weighted by molar-refractivity contribution is 5.50. The number of unbranched alkanes of at least 4 members (excludes halogenated alkanes) is 1. The van der Waals surface area contributed by atoms with Crippen LogP contribution in [-0.4, -0.2) is 21.9 Å². The van der Waals surface area contributed by atoms with E-state index in [0.717, 1.165) is 25.0 Å². The second-order valence-corrected chi connectivity index (χ2v) is 3.79. The van der Waals surface area contributed by atoms with Crippen LogP contribution in [0.25, 0.3) is 0 Å². The second-order valence-electron chi connectivity index (χ2n) is 3.79. The van der Waals surface area contributed by atoms with E-state index in [2.05, 4.69) is 0 Å². The van der Waals surface area contributed by atoms with Crippen LogP contribution in [0.1, 0.15) is 30.9 Å². The van der Waals surface area contributed by atoms with E-state index in [0.29, 0.717) is 13.0 Å². The normalized spacial score (nSPS) is 12.6. The molecular formula is C11H18N2O3. The van der Waals surface area contributed by atoms with Crippen molar-refractivity contribution in [3.63, 3.8) is 0 Å². The molecule has 0 radical (unpaired) electrons. The lowest BCUT2D eigenvalue weighted by Crippen LogP contribution is -2.11. The minimum atomic E-state index is -0.452. The zero-order chi connectivity index (χ0) is 12.1. The minimum absolute atomic E-state index is 0.183. The van der Waals surface area contributed by atoms with E-state index in [1.165, 1.54) is 0 Å². The summed E-state index contributed by atoms with van der Waals surface area (Å²) in [6, 6.07) is 1.88. The van der Waals surface area contributed by atoms with Crippen molar-refractivity contribution < 1.29 is 15.3 Å². The first-order valence-corrected chi connectivity index (χ1v) is 5.26. The Bertz CT molecular complexity index is 332. The highest BCUT2D eigenvalue weighted by atomic mass is 16.3. The molecule has 1 rings (SSSR count). The van der Waals surface area contributed by atoms with Gasteiger partial charge in [-0.1, -0.05) is 6.42 Å². The van der Waals surface area contributed by atoms with Gasteiger partial charge in [-0.25, -0.2) is 0 Å². The number of hydrogen-bond donors (Lipinski definition) is 5. The van der Waals surface area contributed by atoms with Gasteiger partial charge in [0.25, 0.3) is 0 Å². The van der Waals surface area contributed by atoms with Gasteiger partial charge in [-0.3, -0.25) is 0 Å². The zero-order valence-corrected chi connectivity index (χ0v) is 9.06. The van der Waals surface area contributed by atoms with Gasteiger partial charge in [0.1, 0.15) is 17.2 Å². The summed E-state index contributed by atoms with van der Waals surface area (Å²) >= 11 is 0. The van der Waals surface area contributed by atoms with Gasteiger partial charge in [0.2, 0.25) is 0 Å². The van der Waals surface area contributed by atoms with E-state index in [-0.39, 0.29) is 22.8 Å². The van der Waals surface area contributed by atoms with Crippen molar-refractivity contribution in [3.8, 4) is 17.2 Å². The molecule has 1 aromatic carbocycles. The van der Waals surface area contributed by atoms with Crippen LogP contribution in [0.15, 0.2) is 12.1 Å². The third-order valence-electron chi connectivity index (χ3n) is 2.46. The second kappa shape index (κ2) is 5.58. The van der Waals surface area contributed by atoms with Gasteiger partial charge in [-0.15, -0.1) is 0 Å². The van der Waals surface area contributed by atoms with E-state index >= 15 is 0 Å². The van der Waals surface area contributed by atoms with Gasteiger partial charge in [0.05, 0.1) is 5.56 Å². The Morgan fingerprint density at radius 1 is 1.06 bits per heavy atom. The summed E-state index contributed by atoms with van der Waals surface area (Å²) in [7, 11) is 0. The average Bonchev–Trinajstić information content (AvgIpc) is 2.16. The van der Waals surface area contributed by atoms with Crippen LogP contribution >= 0.6 is 0 Å². The van der Waals surface area contributed by atoms with Crippen LogP contribution in [-0.2, 0) is 0 Å². The largest absolute Gasteiger partial charge is 0.508 e. The number of nitrogens with two attached hydrogens (primary N) is 2. The molecule has 0 fully saturated rings. The maximum atomic E-state index is 9.57. The van der Waals surface area contributed by atoms with Crippen molar-refractivity contribution in [1.29, 1.82) is 0 Å². The topological polar surface area (TPSA) is 113 Å². The van der Waals surface area contributed by atoms with Crippen LogP contribution in [0.5, 0.6) is 17.2 Å². The number of phenolic OH excluding ortho intramolecular Hbond substituents is 3. The van der Waals surface area contributed by atoms with Crippen molar-refractivity contribution in [1.82, 2.24) is 0 Å². The average molecular weight is 226 g/mol. The maximum absolute atomic E-state index is 9.57. The lowest BCUT2D eigenvalue weighted by atomic mass is 9.99. The summed E-state index contributed by atoms with van der Waals surface area (Å²) < 4.78 is 0. The van der Waals surface area contributed by atoms with Crippen molar-refractivity contribution in [2.24, 2.45) is 11.5 Å². The summed E-state index contributed by atoms with van der Waals surface area (Å²) in [6.45, 7) is 0.597. The van der Waals surface area contributed by atoms with E-state index < -0.39 is 6.04 Å². The minimum Gasteiger partial charge on any atom is -0.508 e. The molecule has 0 aliphatic carbocycles. The lowest BCUT2D eigenvalue weighted by Gasteiger charge is -2.15. The molecule has 0 aliphatic heterocycles. The van der Waals surface area contributed by atoms with Crippen molar-refractivity contribution in [2.75, 3.05) is 6.54 Å². The first-order chi connectivity index (χ1) is 7.56. The number of aromatic hydroxyl groups is 3. The molecule has 5 nitrogen and oxygen atoms in total. The Hall–Kier alpha value is -1.46. The standard InChI is InChI=1S/C11H18N2O3/c12-4-2-1-3-8(13)11-9(15)5-7(14)6-10(11)16/h5-6,8,14-16H,1-4,12-13H2/t8-/m0/s1. The van der Waals surface area contributed by atoms with Crippen LogP contribution in [0, 0.1) is 0 Å². The molecule has 0 amide bonds. The lowest BCUT2D eigenvalue weighted by molar-refractivity contribution is 0.407. The van der Waals surface area contributed by atoms with Crippen molar-refractivity contribution >= 4 is 0 Å². The van der Waals surface area contributed by atoms with Crippen LogP contribution in [0.4, 0.5) is 0 Å². The molecule has 0 aromatic heterocycles. The predicted molar refractivity (Wildman–Crippen MR) is 61.3 cm³/mol. The molecule has 0 saturated heterocycles. The van der Waals surface area contributed by atoms with Gasteiger partial charge < -0.3 is 26.8 Å². The van der Waals surface area contributed by atoms with Crippen LogP contribution in [0.2, 0.25) is 0 Å². The van der Waals surface area contributed by atoms with E-state index in [1.54, 1.807) is 0 Å². The zero-order valence-electron chi connectivity index (χ0n) is 9.06. The van der Waals surface area contributed by atoms with Crippen molar-refractivity contribution in [2.45, 2.75) is 25.3 Å². The first-order valence-electron chi connectivity index (χ1n) is 5.26. The molecule has 0 saturated carbocycles. The van der Waals surface area contributed by atoms with Crippen LogP contribution < -0.4 is 11.5 Å². The van der Waals surface area contributed by atoms with Gasteiger partial charge in [-0.2, -0.15) is 0 Å². The summed E-state index contributed by atoms with van der Waals surface area (Å²) in [5.41, 5.74) is 11.5. The first kappa shape index (κ1) is 12.6. The third kappa shape index (κ3) is 3.01. The number of rotatable bonds is 5. The summed E-state index contributed by atoms with van der Waals surface area (Å²) in [6.07, 6.45) is 2.31. The predicted octanol–water partition coefficient (Wildman–Crippen LogP) is 0.932. The summed E-state index contributed by atoms with van der Waals surface area (Å²) in [5.74, 6) is -0.552. The Labute approximate surface area is 94.3 Å². The Morgan fingerprint density at radius 3 is 2.12 bits per heavy atom. The SMILES string of the molecule is NCCCC[C@H](N)c1c(O)cc(O)cc1O. The fourth-order valence-electron chi connectivity index (χ4n) is 1.64. The molecule has 0 aliphatic rings. The van der Waals surface area contributed by atoms with E-state index in [1.807, 2.05) is 0 Å². The van der Waals surface area contributed by atoms with Gasteiger partial charge in [-0.05, 0) is 19.4 Å². The third-order valence-corrected chi connectivity index (χ3v) is 2.46. The molecule has 0 heterocycles. The Morgan fingerprint density at radius 2 is 1.62 bits per heavy atom. The molecule has 5 heteroatoms. The molecule has 0 bridgehead atoms. The number of phenols is 3. The fourth-order valence-corrected chi connectivity index (χ4v) is 1.64. The molecule has 90 valence electrons. The highest BCUT2D eigenvalue weighted by Crippen LogP contribution is 2.37. The van der Waals surface area contributed by atoms with E-state index in [9.17, 15) is 10.2 Å². The smallest absolute Gasteiger partial charge is 0.127 e. The molecular weight excluding hydrogens is 208 g/mol. The molecule has 16 heavy (non-hydrogen) atoms. The quantitative estimate of drug-likeness (QED) is 0.479. The highest BCUT2D eigenvalue weighted by Gasteiger charge is 2.16. The number of benzene rings is 1. The van der Waals surface area contributed by atoms with Gasteiger partial charge >= 0.3 is 0 Å². The van der Waals surface area contributed by atoms with Crippen LogP contribution in [0.3, 0.4) is 0 Å². The Kier molecular flexibility index (Phi) is 4.39. The van der Waals surface area contributed by atoms with E-state index in [4.69, 9.17) is 16.6 Å². The number of hydrogen-bond acceptors (Lipinski definition) is 5.